The van der Waals surface area contributed by atoms with Gasteiger partial charge in [-0.15, -0.1) is 0 Å². The Bertz CT molecular complexity index is 1480. The molecule has 0 bridgehead atoms. The Morgan fingerprint density at radius 2 is 2.03 bits per heavy atom. The molecule has 0 aliphatic carbocycles. The molecule has 1 aromatic carbocycles. The van der Waals surface area contributed by atoms with Crippen LogP contribution in [0.4, 0.5) is 5.13 Å². The number of carbonyl (C=O) groups is 2. The van der Waals surface area contributed by atoms with Crippen LogP contribution in [0.5, 0.6) is 0 Å². The molecule has 1 fully saturated rings. The first kappa shape index (κ1) is 27.1. The molecule has 4 aromatic rings. The normalized spacial score (nSPS) is 17.3. The van der Waals surface area contributed by atoms with Crippen molar-refractivity contribution in [2.24, 2.45) is 0 Å². The number of aromatic nitrogens is 4. The van der Waals surface area contributed by atoms with E-state index >= 15 is 0 Å². The predicted molar refractivity (Wildman–Crippen MR) is 149 cm³/mol. The van der Waals surface area contributed by atoms with Crippen molar-refractivity contribution in [2.75, 3.05) is 18.0 Å². The minimum absolute atomic E-state index is 0.0799. The summed E-state index contributed by atoms with van der Waals surface area (Å²) in [7, 11) is 0. The zero-order valence-electron chi connectivity index (χ0n) is 20.7. The van der Waals surface area contributed by atoms with Gasteiger partial charge in [-0.3, -0.25) is 14.8 Å². The number of aromatic carboxylic acids is 1. The van der Waals surface area contributed by atoms with Crippen molar-refractivity contribution in [3.05, 3.63) is 80.8 Å². The monoisotopic (exact) mass is 586 g/mol. The van der Waals surface area contributed by atoms with Crippen LogP contribution in [0.1, 0.15) is 37.8 Å². The first-order valence-corrected chi connectivity index (χ1v) is 13.6. The molecule has 202 valence electrons. The van der Waals surface area contributed by atoms with Crippen molar-refractivity contribution in [3.63, 3.8) is 0 Å². The lowest BCUT2D eigenvalue weighted by molar-refractivity contribution is 0.00967. The molecule has 5 rings (SSSR count). The second-order valence-electron chi connectivity index (χ2n) is 8.97. The number of nitrogens with one attached hydrogen (secondary N) is 2. The van der Waals surface area contributed by atoms with Gasteiger partial charge in [0.2, 0.25) is 0 Å². The lowest BCUT2D eigenvalue weighted by Gasteiger charge is -2.38. The number of halogens is 2. The highest BCUT2D eigenvalue weighted by molar-refractivity contribution is 7.17. The van der Waals surface area contributed by atoms with Crippen LogP contribution in [-0.2, 0) is 11.3 Å². The summed E-state index contributed by atoms with van der Waals surface area (Å²) >= 11 is 13.5. The molecule has 1 amide bonds. The number of carboxylic acid groups (broad SMARTS) is 1. The van der Waals surface area contributed by atoms with Gasteiger partial charge in [0, 0.05) is 31.2 Å². The van der Waals surface area contributed by atoms with E-state index in [9.17, 15) is 14.7 Å². The molecule has 3 aromatic heterocycles. The first-order chi connectivity index (χ1) is 18.8. The van der Waals surface area contributed by atoms with Crippen molar-refractivity contribution in [1.82, 2.24) is 25.3 Å². The number of anilines is 1. The summed E-state index contributed by atoms with van der Waals surface area (Å²) in [5.74, 6) is -1.47. The molecule has 0 spiro atoms. The number of hydrogen-bond acceptors (Lipinski definition) is 8. The standard InChI is InChI=1S/C26H24Cl2N6O4S/c1-14-19(27)20(28)22(31-14)24(35)32-16-7-10-34(12-18(16)38-13-15-5-3-2-4-6-15)26-33-21(23(39-26)25(36)37)17-11-29-8-9-30-17/h2-6,8-9,11,16,18,31H,7,10,12-13H2,1H3,(H,32,35)(H,36,37)/t16-,18+/m1/s1. The van der Waals surface area contributed by atoms with E-state index in [1.807, 2.05) is 35.2 Å². The van der Waals surface area contributed by atoms with E-state index in [4.69, 9.17) is 27.9 Å². The van der Waals surface area contributed by atoms with Gasteiger partial charge in [0.15, 0.2) is 5.13 Å². The Morgan fingerprint density at radius 1 is 1.23 bits per heavy atom. The molecule has 1 aliphatic rings. The van der Waals surface area contributed by atoms with Crippen LogP contribution in [0, 0.1) is 6.92 Å². The zero-order chi connectivity index (χ0) is 27.5. The van der Waals surface area contributed by atoms with Gasteiger partial charge in [0.25, 0.3) is 5.91 Å². The van der Waals surface area contributed by atoms with Crippen molar-refractivity contribution in [3.8, 4) is 11.4 Å². The van der Waals surface area contributed by atoms with Crippen LogP contribution in [-0.4, -0.2) is 62.2 Å². The number of nitrogens with zero attached hydrogens (tertiary/aromatic N) is 4. The third-order valence-corrected chi connectivity index (χ3v) is 8.40. The molecular formula is C26H24Cl2N6O4S. The van der Waals surface area contributed by atoms with Crippen molar-refractivity contribution >= 4 is 51.5 Å². The highest BCUT2D eigenvalue weighted by Crippen LogP contribution is 2.34. The van der Waals surface area contributed by atoms with Gasteiger partial charge in [-0.1, -0.05) is 64.9 Å². The number of carbonyl (C=O) groups excluding carboxylic acids is 1. The van der Waals surface area contributed by atoms with Crippen LogP contribution in [0.2, 0.25) is 10.0 Å². The van der Waals surface area contributed by atoms with E-state index in [1.165, 1.54) is 18.6 Å². The van der Waals surface area contributed by atoms with Crippen LogP contribution in [0.3, 0.4) is 0 Å². The van der Waals surface area contributed by atoms with E-state index in [0.717, 1.165) is 16.9 Å². The SMILES string of the molecule is Cc1[nH]c(C(=O)N[C@@H]2CCN(c3nc(-c4cnccn4)c(C(=O)O)s3)C[C@@H]2OCc2ccccc2)c(Cl)c1Cl. The molecule has 2 atom stereocenters. The second-order valence-corrected chi connectivity index (χ2v) is 10.7. The molecule has 0 radical (unpaired) electrons. The third-order valence-electron chi connectivity index (χ3n) is 6.35. The topological polar surface area (TPSA) is 133 Å². The van der Waals surface area contributed by atoms with E-state index in [0.29, 0.717) is 47.7 Å². The van der Waals surface area contributed by atoms with Crippen molar-refractivity contribution < 1.29 is 19.4 Å². The number of ether oxygens (including phenoxy) is 1. The number of hydrogen-bond donors (Lipinski definition) is 3. The molecule has 4 heterocycles. The highest BCUT2D eigenvalue weighted by atomic mass is 35.5. The van der Waals surface area contributed by atoms with Gasteiger partial charge in [0.05, 0.1) is 35.0 Å². The Hall–Kier alpha value is -3.51. The number of piperidine rings is 1. The number of aromatic amines is 1. The van der Waals surface area contributed by atoms with E-state index in [2.05, 4.69) is 25.3 Å². The van der Waals surface area contributed by atoms with Gasteiger partial charge in [-0.25, -0.2) is 9.78 Å². The smallest absolute Gasteiger partial charge is 0.348 e. The average Bonchev–Trinajstić information content (AvgIpc) is 3.51. The number of aryl methyl sites for hydroxylation is 1. The molecule has 39 heavy (non-hydrogen) atoms. The molecule has 1 saturated heterocycles. The van der Waals surface area contributed by atoms with Gasteiger partial charge in [0.1, 0.15) is 22.0 Å². The summed E-state index contributed by atoms with van der Waals surface area (Å²) < 4.78 is 6.31. The first-order valence-electron chi connectivity index (χ1n) is 12.1. The molecule has 10 nitrogen and oxygen atoms in total. The maximum atomic E-state index is 13.1. The summed E-state index contributed by atoms with van der Waals surface area (Å²) in [5.41, 5.74) is 2.44. The number of rotatable bonds is 8. The van der Waals surface area contributed by atoms with E-state index < -0.39 is 12.1 Å². The minimum Gasteiger partial charge on any atom is -0.477 e. The fourth-order valence-electron chi connectivity index (χ4n) is 4.35. The molecule has 3 N–H and O–H groups in total. The van der Waals surface area contributed by atoms with Crippen molar-refractivity contribution in [2.45, 2.75) is 32.1 Å². The molecule has 1 aliphatic heterocycles. The number of carboxylic acids is 1. The fraction of sp³-hybridized carbons (Fsp3) is 0.269. The van der Waals surface area contributed by atoms with Crippen molar-refractivity contribution in [1.29, 1.82) is 0 Å². The van der Waals surface area contributed by atoms with Crippen LogP contribution in [0.15, 0.2) is 48.9 Å². The average molecular weight is 587 g/mol. The number of benzene rings is 1. The molecule has 0 saturated carbocycles. The summed E-state index contributed by atoms with van der Waals surface area (Å²) in [6, 6.07) is 9.38. The van der Waals surface area contributed by atoms with Crippen LogP contribution >= 0.6 is 34.5 Å². The Labute approximate surface area is 238 Å². The maximum absolute atomic E-state index is 13.1. The van der Waals surface area contributed by atoms with Gasteiger partial charge >= 0.3 is 5.97 Å². The number of amides is 1. The molecule has 0 unspecified atom stereocenters. The second kappa shape index (κ2) is 11.7. The largest absolute Gasteiger partial charge is 0.477 e. The molecular weight excluding hydrogens is 563 g/mol. The number of H-pyrrole nitrogens is 1. The van der Waals surface area contributed by atoms with Crippen LogP contribution < -0.4 is 10.2 Å². The molecule has 13 heteroatoms. The minimum atomic E-state index is -1.09. The predicted octanol–water partition coefficient (Wildman–Crippen LogP) is 4.84. The quantitative estimate of drug-likeness (QED) is 0.267. The lowest BCUT2D eigenvalue weighted by Crippen LogP contribution is -2.55. The lowest BCUT2D eigenvalue weighted by atomic mass is 10.0. The Balaban J connectivity index is 1.39. The van der Waals surface area contributed by atoms with Crippen LogP contribution in [0.25, 0.3) is 11.4 Å². The summed E-state index contributed by atoms with van der Waals surface area (Å²) in [4.78, 5) is 43.0. The Kier molecular flexibility index (Phi) is 8.12. The van der Waals surface area contributed by atoms with Gasteiger partial charge < -0.3 is 25.0 Å². The summed E-state index contributed by atoms with van der Waals surface area (Å²) in [5, 5.41) is 13.9. The summed E-state index contributed by atoms with van der Waals surface area (Å²) in [6.45, 7) is 2.97. The summed E-state index contributed by atoms with van der Waals surface area (Å²) in [6.07, 6.45) is 4.59. The zero-order valence-corrected chi connectivity index (χ0v) is 23.1. The highest BCUT2D eigenvalue weighted by Gasteiger charge is 2.34. The van der Waals surface area contributed by atoms with E-state index in [-0.39, 0.29) is 33.2 Å². The Morgan fingerprint density at radius 3 is 2.69 bits per heavy atom. The third kappa shape index (κ3) is 5.91. The maximum Gasteiger partial charge on any atom is 0.348 e. The van der Waals surface area contributed by atoms with Gasteiger partial charge in [-0.05, 0) is 18.9 Å². The number of thiazole rings is 1. The fourth-order valence-corrected chi connectivity index (χ4v) is 5.72. The van der Waals surface area contributed by atoms with Gasteiger partial charge in [-0.2, -0.15) is 0 Å². The van der Waals surface area contributed by atoms with E-state index in [1.54, 1.807) is 6.92 Å².